The van der Waals surface area contributed by atoms with E-state index in [0.717, 1.165) is 17.5 Å². The predicted octanol–water partition coefficient (Wildman–Crippen LogP) is 2.22. The van der Waals surface area contributed by atoms with Gasteiger partial charge in [-0.05, 0) is 30.3 Å². The van der Waals surface area contributed by atoms with Crippen molar-refractivity contribution in [3.05, 3.63) is 54.1 Å². The van der Waals surface area contributed by atoms with E-state index in [2.05, 4.69) is 15.0 Å². The number of anilines is 1. The molecule has 0 fully saturated rings. The van der Waals surface area contributed by atoms with Crippen LogP contribution in [0.1, 0.15) is 5.56 Å². The molecule has 0 atom stereocenters. The van der Waals surface area contributed by atoms with Crippen LogP contribution >= 0.6 is 0 Å². The molecule has 0 spiro atoms. The minimum absolute atomic E-state index is 0.124. The zero-order valence-corrected chi connectivity index (χ0v) is 15.1. The Bertz CT molecular complexity index is 836. The van der Waals surface area contributed by atoms with Crippen LogP contribution in [0.3, 0.4) is 0 Å². The van der Waals surface area contributed by atoms with Gasteiger partial charge in [-0.25, -0.2) is 13.4 Å². The van der Waals surface area contributed by atoms with Crippen molar-refractivity contribution in [3.63, 3.8) is 0 Å². The smallest absolute Gasteiger partial charge is 0.232 e. The second-order valence-electron chi connectivity index (χ2n) is 5.21. The molecule has 8 heteroatoms. The molecule has 2 N–H and O–H groups in total. The van der Waals surface area contributed by atoms with Crippen molar-refractivity contribution < 1.29 is 17.9 Å². The summed E-state index contributed by atoms with van der Waals surface area (Å²) in [6.07, 6.45) is 1.07. The Kier molecular flexibility index (Phi) is 6.24. The Morgan fingerprint density at radius 2 is 1.80 bits per heavy atom. The summed E-state index contributed by atoms with van der Waals surface area (Å²) in [5.41, 5.74) is 1.49. The summed E-state index contributed by atoms with van der Waals surface area (Å²) in [4.78, 5) is 4.34. The maximum absolute atomic E-state index is 11.6. The lowest BCUT2D eigenvalue weighted by molar-refractivity contribution is 0.399. The van der Waals surface area contributed by atoms with Crippen LogP contribution in [0.15, 0.2) is 53.5 Å². The van der Waals surface area contributed by atoms with Gasteiger partial charge >= 0.3 is 0 Å². The first-order valence-corrected chi connectivity index (χ1v) is 9.35. The fraction of sp³-hybridized carbons (Fsp3) is 0.235. The van der Waals surface area contributed by atoms with Crippen molar-refractivity contribution >= 4 is 21.7 Å². The van der Waals surface area contributed by atoms with Crippen molar-refractivity contribution in [1.29, 1.82) is 0 Å². The molecule has 2 aromatic carbocycles. The molecule has 25 heavy (non-hydrogen) atoms. The van der Waals surface area contributed by atoms with Gasteiger partial charge in [0.1, 0.15) is 11.5 Å². The van der Waals surface area contributed by atoms with E-state index in [1.54, 1.807) is 32.4 Å². The number of aliphatic imine (C=N–C) groups is 1. The summed E-state index contributed by atoms with van der Waals surface area (Å²) in [6.45, 7) is 0.206. The number of hydrogen-bond acceptors (Lipinski definition) is 5. The maximum atomic E-state index is 11.6. The highest BCUT2D eigenvalue weighted by molar-refractivity contribution is 7.89. The van der Waals surface area contributed by atoms with Gasteiger partial charge in [-0.3, -0.25) is 4.72 Å². The molecule has 0 unspecified atom stereocenters. The highest BCUT2D eigenvalue weighted by Crippen LogP contribution is 2.24. The third-order valence-electron chi connectivity index (χ3n) is 3.21. The van der Waals surface area contributed by atoms with Crippen LogP contribution in [0.4, 0.5) is 5.69 Å². The lowest BCUT2D eigenvalue weighted by atomic mass is 10.2. The lowest BCUT2D eigenvalue weighted by Gasteiger charge is -2.12. The summed E-state index contributed by atoms with van der Waals surface area (Å²) in [7, 11) is -0.341. The minimum atomic E-state index is -3.48. The van der Waals surface area contributed by atoms with Crippen molar-refractivity contribution in [3.8, 4) is 11.5 Å². The maximum Gasteiger partial charge on any atom is 0.232 e. The first-order valence-electron chi connectivity index (χ1n) is 7.46. The summed E-state index contributed by atoms with van der Waals surface area (Å²) in [6, 6.07) is 14.5. The zero-order chi connectivity index (χ0) is 18.3. The predicted molar refractivity (Wildman–Crippen MR) is 98.7 cm³/mol. The molecule has 0 aliphatic heterocycles. The second kappa shape index (κ2) is 8.39. The quantitative estimate of drug-likeness (QED) is 0.607. The van der Waals surface area contributed by atoms with E-state index in [-0.39, 0.29) is 12.5 Å². The van der Waals surface area contributed by atoms with Gasteiger partial charge in [-0.1, -0.05) is 18.2 Å². The van der Waals surface area contributed by atoms with Crippen LogP contribution < -0.4 is 19.5 Å². The molecule has 0 aliphatic rings. The van der Waals surface area contributed by atoms with E-state index in [1.165, 1.54) is 0 Å². The number of sulfonamides is 1. The average molecular weight is 363 g/mol. The topological polar surface area (TPSA) is 89.0 Å². The van der Waals surface area contributed by atoms with Gasteiger partial charge < -0.3 is 14.8 Å². The second-order valence-corrected chi connectivity index (χ2v) is 6.96. The molecule has 0 saturated carbocycles. The van der Waals surface area contributed by atoms with Crippen LogP contribution in [0.5, 0.6) is 11.5 Å². The lowest BCUT2D eigenvalue weighted by Crippen LogP contribution is -2.35. The molecule has 0 radical (unpaired) electrons. The van der Waals surface area contributed by atoms with Gasteiger partial charge in [0.05, 0.1) is 27.0 Å². The van der Waals surface area contributed by atoms with E-state index >= 15 is 0 Å². The molecule has 134 valence electrons. The van der Waals surface area contributed by atoms with Crippen molar-refractivity contribution in [1.82, 2.24) is 4.72 Å². The van der Waals surface area contributed by atoms with E-state index in [9.17, 15) is 8.42 Å². The number of benzene rings is 2. The number of para-hydroxylation sites is 1. The van der Waals surface area contributed by atoms with Crippen molar-refractivity contribution in [2.75, 3.05) is 25.8 Å². The van der Waals surface area contributed by atoms with Crippen molar-refractivity contribution in [2.45, 2.75) is 6.54 Å². The Hall–Kier alpha value is -2.74. The van der Waals surface area contributed by atoms with Gasteiger partial charge in [-0.15, -0.1) is 0 Å². The van der Waals surface area contributed by atoms with E-state index in [1.807, 2.05) is 30.3 Å². The molecule has 0 bridgehead atoms. The summed E-state index contributed by atoms with van der Waals surface area (Å²) in [5, 5.41) is 2.96. The fourth-order valence-electron chi connectivity index (χ4n) is 2.10. The normalized spacial score (nSPS) is 11.7. The van der Waals surface area contributed by atoms with Crippen LogP contribution in [0, 0.1) is 0 Å². The molecule has 0 aromatic heterocycles. The summed E-state index contributed by atoms with van der Waals surface area (Å²) in [5.74, 6) is 1.43. The zero-order valence-electron chi connectivity index (χ0n) is 14.3. The van der Waals surface area contributed by atoms with Crippen LogP contribution in [0.2, 0.25) is 0 Å². The van der Waals surface area contributed by atoms with Crippen LogP contribution in [-0.4, -0.2) is 34.9 Å². The fourth-order valence-corrected chi connectivity index (χ4v) is 2.57. The number of rotatable bonds is 6. The van der Waals surface area contributed by atoms with Crippen LogP contribution in [-0.2, 0) is 16.6 Å². The first-order chi connectivity index (χ1) is 11.9. The molecule has 0 saturated heterocycles. The molecule has 0 amide bonds. The van der Waals surface area contributed by atoms with Gasteiger partial charge in [-0.2, -0.15) is 0 Å². The number of hydrogen-bond donors (Lipinski definition) is 2. The Morgan fingerprint density at radius 3 is 2.40 bits per heavy atom. The highest BCUT2D eigenvalue weighted by Gasteiger charge is 2.09. The van der Waals surface area contributed by atoms with Crippen molar-refractivity contribution in [2.24, 2.45) is 4.99 Å². The molecule has 7 nitrogen and oxygen atoms in total. The molecular formula is C17H21N3O4S. The van der Waals surface area contributed by atoms with Crippen LogP contribution in [0.25, 0.3) is 0 Å². The number of nitrogens with zero attached hydrogens (tertiary/aromatic N) is 1. The van der Waals surface area contributed by atoms with E-state index in [4.69, 9.17) is 9.47 Å². The minimum Gasteiger partial charge on any atom is -0.497 e. The molecule has 2 aromatic rings. The summed E-state index contributed by atoms with van der Waals surface area (Å²) < 4.78 is 36.1. The third-order valence-corrected chi connectivity index (χ3v) is 3.78. The van der Waals surface area contributed by atoms with E-state index < -0.39 is 10.0 Å². The number of nitrogens with one attached hydrogen (secondary N) is 2. The Labute approximate surface area is 147 Å². The largest absolute Gasteiger partial charge is 0.497 e. The Morgan fingerprint density at radius 1 is 1.08 bits per heavy atom. The Balaban J connectivity index is 2.27. The molecule has 0 heterocycles. The van der Waals surface area contributed by atoms with Gasteiger partial charge in [0.25, 0.3) is 0 Å². The standard InChI is InChI=1S/C17H21N3O4S/c1-23-15-9-10-16(24-2)13(11-15)12-18-17(20-25(3,21)22)19-14-7-5-4-6-8-14/h4-11H,12H2,1-3H3,(H2,18,19,20). The van der Waals surface area contributed by atoms with Gasteiger partial charge in [0.2, 0.25) is 16.0 Å². The highest BCUT2D eigenvalue weighted by atomic mass is 32.2. The van der Waals surface area contributed by atoms with Gasteiger partial charge in [0.15, 0.2) is 0 Å². The molecular weight excluding hydrogens is 342 g/mol. The summed E-state index contributed by atoms with van der Waals surface area (Å²) >= 11 is 0. The number of ether oxygens (including phenoxy) is 2. The first kappa shape index (κ1) is 18.6. The molecule has 0 aliphatic carbocycles. The monoisotopic (exact) mass is 363 g/mol. The molecule has 2 rings (SSSR count). The SMILES string of the molecule is COc1ccc(OC)c(CN=C(Nc2ccccc2)NS(C)(=O)=O)c1. The average Bonchev–Trinajstić information content (AvgIpc) is 2.59. The number of guanidine groups is 1. The van der Waals surface area contributed by atoms with E-state index in [0.29, 0.717) is 11.5 Å². The third kappa shape index (κ3) is 6.00. The van der Waals surface area contributed by atoms with Gasteiger partial charge in [0, 0.05) is 11.3 Å². The number of methoxy groups -OCH3 is 2.